The molecule has 2 aromatic heterocycles. The predicted octanol–water partition coefficient (Wildman–Crippen LogP) is 0.523. The molecule has 0 spiro atoms. The highest BCUT2D eigenvalue weighted by atomic mass is 16.5. The summed E-state index contributed by atoms with van der Waals surface area (Å²) in [5, 5.41) is 35.5. The monoisotopic (exact) mass is 781 g/mol. The molecule has 0 saturated carbocycles. The van der Waals surface area contributed by atoms with Crippen molar-refractivity contribution in [3.05, 3.63) is 100.0 Å². The molecule has 8 rings (SSSR count). The molecule has 0 unspecified atom stereocenters. The Kier molecular flexibility index (Phi) is 9.49. The summed E-state index contributed by atoms with van der Waals surface area (Å²) < 4.78 is 8.74. The molecule has 16 nitrogen and oxygen atoms in total. The molecule has 5 aromatic rings. The number of nitrogens with one attached hydrogen (secondary N) is 1. The first kappa shape index (κ1) is 37.9. The van der Waals surface area contributed by atoms with Gasteiger partial charge < -0.3 is 41.5 Å². The number of hydrogen-bond donors (Lipinski definition) is 5. The van der Waals surface area contributed by atoms with E-state index in [9.17, 15) is 29.4 Å². The van der Waals surface area contributed by atoms with Gasteiger partial charge in [-0.05, 0) is 42.0 Å². The van der Waals surface area contributed by atoms with Crippen LogP contribution in [0.1, 0.15) is 61.8 Å². The zero-order valence-corrected chi connectivity index (χ0v) is 31.7. The average Bonchev–Trinajstić information content (AvgIpc) is 3.96. The van der Waals surface area contributed by atoms with Gasteiger partial charge in [-0.25, -0.2) is 9.36 Å². The number of methoxy groups -OCH3 is 1. The lowest BCUT2D eigenvalue weighted by Gasteiger charge is -2.20. The van der Waals surface area contributed by atoms with Gasteiger partial charge in [0.1, 0.15) is 11.3 Å². The number of ether oxygens (including phenoxy) is 1. The molecule has 3 aromatic carbocycles. The highest BCUT2D eigenvalue weighted by molar-refractivity contribution is 6.06. The van der Waals surface area contributed by atoms with Gasteiger partial charge in [0.2, 0.25) is 11.2 Å². The molecule has 294 valence electrons. The number of carbonyl (C=O) groups is 4. The largest absolute Gasteiger partial charge is 0.494 e. The number of nitrogens with two attached hydrogens (primary N) is 2. The fourth-order valence-corrected chi connectivity index (χ4v) is 7.65. The van der Waals surface area contributed by atoms with Crippen molar-refractivity contribution in [1.29, 1.82) is 0 Å². The van der Waals surface area contributed by atoms with Gasteiger partial charge in [-0.2, -0.15) is 10.2 Å². The van der Waals surface area contributed by atoms with Crippen LogP contribution in [0.25, 0.3) is 22.3 Å². The summed E-state index contributed by atoms with van der Waals surface area (Å²) >= 11 is 0. The summed E-state index contributed by atoms with van der Waals surface area (Å²) in [5.41, 5.74) is 12.3. The van der Waals surface area contributed by atoms with E-state index in [1.165, 1.54) is 21.6 Å². The lowest BCUT2D eigenvalue weighted by Crippen LogP contribution is -2.38. The molecule has 0 bridgehead atoms. The fourth-order valence-electron chi connectivity index (χ4n) is 7.65. The van der Waals surface area contributed by atoms with Crippen LogP contribution in [0.5, 0.6) is 5.75 Å². The van der Waals surface area contributed by atoms with Crippen molar-refractivity contribution in [3.8, 4) is 40.8 Å². The summed E-state index contributed by atoms with van der Waals surface area (Å²) in [6, 6.07) is 17.4. The minimum Gasteiger partial charge on any atom is -0.494 e. The van der Waals surface area contributed by atoms with Crippen LogP contribution in [0, 0.1) is 23.7 Å². The molecule has 4 amide bonds. The van der Waals surface area contributed by atoms with Crippen LogP contribution < -0.4 is 21.5 Å². The fraction of sp³-hybridized carbons (Fsp3) is 0.286. The van der Waals surface area contributed by atoms with E-state index in [0.29, 0.717) is 76.3 Å². The van der Waals surface area contributed by atoms with Crippen LogP contribution >= 0.6 is 0 Å². The summed E-state index contributed by atoms with van der Waals surface area (Å²) in [5.74, 6) is 9.56. The number of likely N-dealkylation sites (N-methyl/N-ethyl adjacent to an activating group) is 1. The molecule has 0 aliphatic carbocycles. The first-order chi connectivity index (χ1) is 27.8. The van der Waals surface area contributed by atoms with Crippen molar-refractivity contribution in [2.24, 2.45) is 11.5 Å². The molecule has 16 heteroatoms. The van der Waals surface area contributed by atoms with E-state index in [0.717, 1.165) is 5.69 Å². The lowest BCUT2D eigenvalue weighted by atomic mass is 10.0. The molecule has 2 fully saturated rings. The number of para-hydroxylation sites is 1. The minimum atomic E-state index is -1.99. The van der Waals surface area contributed by atoms with Crippen LogP contribution in [0.15, 0.2) is 60.7 Å². The number of aromatic nitrogens is 4. The first-order valence-electron chi connectivity index (χ1n) is 18.6. The van der Waals surface area contributed by atoms with E-state index in [2.05, 4.69) is 39.2 Å². The number of rotatable bonds is 7. The maximum Gasteiger partial charge on any atom is 0.269 e. The van der Waals surface area contributed by atoms with E-state index in [-0.39, 0.29) is 37.3 Å². The molecular formula is C42H39N9O7. The maximum atomic E-state index is 13.9. The van der Waals surface area contributed by atoms with Crippen LogP contribution in [0.3, 0.4) is 0 Å². The number of likely N-dealkylation sites (tertiary alicyclic amines) is 2. The molecule has 2 saturated heterocycles. The van der Waals surface area contributed by atoms with Crippen LogP contribution in [0.2, 0.25) is 0 Å². The first-order valence-corrected chi connectivity index (χ1v) is 18.6. The molecular weight excluding hydrogens is 743 g/mol. The van der Waals surface area contributed by atoms with Gasteiger partial charge in [0.25, 0.3) is 23.6 Å². The van der Waals surface area contributed by atoms with Crippen LogP contribution in [-0.2, 0) is 29.1 Å². The summed E-state index contributed by atoms with van der Waals surface area (Å²) in [7, 11) is 3.11. The molecule has 58 heavy (non-hydrogen) atoms. The Morgan fingerprint density at radius 3 is 2.33 bits per heavy atom. The number of fused-ring (bicyclic) bond motifs is 2. The van der Waals surface area contributed by atoms with Crippen LogP contribution in [0.4, 0.5) is 0 Å². The minimum absolute atomic E-state index is 0.0323. The van der Waals surface area contributed by atoms with E-state index >= 15 is 0 Å². The Bertz CT molecular complexity index is 2700. The summed E-state index contributed by atoms with van der Waals surface area (Å²) in [6.07, 6.45) is 0.757. The van der Waals surface area contributed by atoms with Crippen LogP contribution in [-0.4, -0.2) is 108 Å². The van der Waals surface area contributed by atoms with Gasteiger partial charge >= 0.3 is 0 Å². The van der Waals surface area contributed by atoms with Gasteiger partial charge in [0.15, 0.2) is 11.4 Å². The molecule has 0 radical (unpaired) electrons. The van der Waals surface area contributed by atoms with Gasteiger partial charge in [0.05, 0.1) is 24.2 Å². The Labute approximate surface area is 332 Å². The SMILES string of the molecule is COc1cccc2c(C(N)=O)nn(-c3cccc(C#C[C@]4(O)CCN(Cc5ccc(-n6nc(C(N)=O)c7c6CCNC7)cc5C#C[C@]5(O)CCN(C)C5=O)C4=O)c3)c12. The third-order valence-corrected chi connectivity index (χ3v) is 10.8. The Hall–Kier alpha value is -6.98. The topological polar surface area (TPSA) is 224 Å². The third-order valence-electron chi connectivity index (χ3n) is 10.8. The van der Waals surface area contributed by atoms with E-state index in [1.807, 2.05) is 0 Å². The third kappa shape index (κ3) is 6.58. The van der Waals surface area contributed by atoms with Gasteiger partial charge in [-0.3, -0.25) is 19.2 Å². The van der Waals surface area contributed by atoms with Gasteiger partial charge in [-0.1, -0.05) is 47.9 Å². The molecule has 3 aliphatic rings. The standard InChI is InChI=1S/C42H39N9O7/c1-48-19-16-41(56,39(48)54)15-12-26-22-29(50-32-13-18-45-23-31(32)35(46-50)38(44)53)10-9-27(26)24-49-20-17-42(57,40(49)55)14-11-25-5-3-6-28(21-25)51-36-30(34(47-51)37(43)52)7-4-8-33(36)58-2/h3-10,21-22,45,56-57H,13,16-20,23-24H2,1-2H3,(H2,43,52)(H2,44,53)/t41-,42-/m0/s1. The highest BCUT2D eigenvalue weighted by Crippen LogP contribution is 2.32. The number of amides is 4. The zero-order chi connectivity index (χ0) is 40.9. The van der Waals surface area contributed by atoms with Gasteiger partial charge in [0, 0.05) is 81.1 Å². The average molecular weight is 782 g/mol. The zero-order valence-electron chi connectivity index (χ0n) is 31.7. The Morgan fingerprint density at radius 1 is 0.879 bits per heavy atom. The van der Waals surface area contributed by atoms with E-state index in [1.54, 1.807) is 72.4 Å². The second-order valence-corrected chi connectivity index (χ2v) is 14.5. The number of nitrogens with zero attached hydrogens (tertiary/aromatic N) is 6. The van der Waals surface area contributed by atoms with Gasteiger partial charge in [-0.15, -0.1) is 0 Å². The summed E-state index contributed by atoms with van der Waals surface area (Å²) in [4.78, 5) is 54.1. The molecule has 3 aliphatic heterocycles. The van der Waals surface area contributed by atoms with Crippen molar-refractivity contribution in [2.45, 2.75) is 43.6 Å². The number of benzene rings is 3. The van der Waals surface area contributed by atoms with Crippen molar-refractivity contribution < 1.29 is 34.1 Å². The summed E-state index contributed by atoms with van der Waals surface area (Å²) in [6.45, 7) is 1.68. The number of hydrogen-bond acceptors (Lipinski definition) is 10. The number of aliphatic hydroxyl groups is 2. The van der Waals surface area contributed by atoms with E-state index < -0.39 is 34.8 Å². The maximum absolute atomic E-state index is 13.9. The second-order valence-electron chi connectivity index (χ2n) is 14.5. The molecule has 7 N–H and O–H groups in total. The van der Waals surface area contributed by atoms with Crippen molar-refractivity contribution in [2.75, 3.05) is 33.8 Å². The Morgan fingerprint density at radius 2 is 1.59 bits per heavy atom. The molecule has 2 atom stereocenters. The predicted molar refractivity (Wildman–Crippen MR) is 210 cm³/mol. The number of carbonyl (C=O) groups excluding carboxylic acids is 4. The molecule has 5 heterocycles. The van der Waals surface area contributed by atoms with Crippen molar-refractivity contribution >= 4 is 34.5 Å². The number of primary amides is 2. The second kappa shape index (κ2) is 14.5. The normalized spacial score (nSPS) is 20.1. The smallest absolute Gasteiger partial charge is 0.269 e. The Balaban J connectivity index is 1.09. The lowest BCUT2D eigenvalue weighted by molar-refractivity contribution is -0.139. The van der Waals surface area contributed by atoms with E-state index in [4.69, 9.17) is 16.2 Å². The van der Waals surface area contributed by atoms with Crippen molar-refractivity contribution in [3.63, 3.8) is 0 Å². The quantitative estimate of drug-likeness (QED) is 0.144. The highest BCUT2D eigenvalue weighted by Gasteiger charge is 2.45. The van der Waals surface area contributed by atoms with Crippen molar-refractivity contribution in [1.82, 2.24) is 34.7 Å².